The molecular formula is C15H11F3N4O3. The van der Waals surface area contributed by atoms with Crippen molar-refractivity contribution in [3.05, 3.63) is 53.5 Å². The number of nitrogens with zero attached hydrogens (tertiary/aromatic N) is 4. The molecule has 3 aromatic rings. The van der Waals surface area contributed by atoms with Gasteiger partial charge in [0, 0.05) is 11.1 Å². The van der Waals surface area contributed by atoms with Crippen molar-refractivity contribution in [1.29, 1.82) is 0 Å². The highest BCUT2D eigenvalue weighted by atomic mass is 19.4. The molecule has 1 aromatic carbocycles. The van der Waals surface area contributed by atoms with Gasteiger partial charge in [-0.1, -0.05) is 12.1 Å². The molecule has 0 unspecified atom stereocenters. The number of carbonyl (C=O) groups is 1. The Hall–Kier alpha value is -3.17. The summed E-state index contributed by atoms with van der Waals surface area (Å²) in [6.07, 6.45) is -3.15. The number of methoxy groups -OCH3 is 1. The molecule has 10 heteroatoms. The predicted molar refractivity (Wildman–Crippen MR) is 77.4 cm³/mol. The van der Waals surface area contributed by atoms with Crippen LogP contribution in [-0.2, 0) is 17.5 Å². The van der Waals surface area contributed by atoms with Gasteiger partial charge in [0.25, 0.3) is 0 Å². The van der Waals surface area contributed by atoms with E-state index in [1.54, 1.807) is 6.07 Å². The van der Waals surface area contributed by atoms with E-state index in [1.165, 1.54) is 25.5 Å². The summed E-state index contributed by atoms with van der Waals surface area (Å²) >= 11 is 0. The summed E-state index contributed by atoms with van der Waals surface area (Å²) in [5, 5.41) is 11.6. The van der Waals surface area contributed by atoms with Crippen molar-refractivity contribution in [2.45, 2.75) is 12.7 Å². The summed E-state index contributed by atoms with van der Waals surface area (Å²) < 4.78 is 48.0. The lowest BCUT2D eigenvalue weighted by Gasteiger charge is -2.06. The van der Waals surface area contributed by atoms with Crippen LogP contribution in [0.15, 0.2) is 41.0 Å². The van der Waals surface area contributed by atoms with E-state index in [0.717, 1.165) is 16.9 Å². The third kappa shape index (κ3) is 3.52. The standard InChI is InChI=1S/C15H11F3N4O3/c1-24-14(23)12-10(5-6-25-12)8-22-20-13(19-21-22)9-3-2-4-11(7-9)15(16,17)18/h2-7H,8H2,1H3. The van der Waals surface area contributed by atoms with Crippen LogP contribution in [0.3, 0.4) is 0 Å². The molecular weight excluding hydrogens is 341 g/mol. The highest BCUT2D eigenvalue weighted by Crippen LogP contribution is 2.31. The number of aromatic nitrogens is 4. The Morgan fingerprint density at radius 2 is 2.12 bits per heavy atom. The van der Waals surface area contributed by atoms with Gasteiger partial charge in [0.1, 0.15) is 0 Å². The number of hydrogen-bond donors (Lipinski definition) is 0. The van der Waals surface area contributed by atoms with Gasteiger partial charge in [-0.3, -0.25) is 0 Å². The topological polar surface area (TPSA) is 83.0 Å². The largest absolute Gasteiger partial charge is 0.463 e. The third-order valence-electron chi connectivity index (χ3n) is 3.33. The number of ether oxygens (including phenoxy) is 1. The van der Waals surface area contributed by atoms with E-state index in [1.807, 2.05) is 0 Å². The van der Waals surface area contributed by atoms with Crippen molar-refractivity contribution < 1.29 is 27.1 Å². The lowest BCUT2D eigenvalue weighted by atomic mass is 10.1. The Kier molecular flexibility index (Phi) is 4.26. The van der Waals surface area contributed by atoms with Crippen molar-refractivity contribution in [1.82, 2.24) is 20.2 Å². The van der Waals surface area contributed by atoms with Gasteiger partial charge in [-0.25, -0.2) is 4.79 Å². The lowest BCUT2D eigenvalue weighted by Crippen LogP contribution is -2.09. The molecule has 2 aromatic heterocycles. The van der Waals surface area contributed by atoms with Crippen LogP contribution in [0.5, 0.6) is 0 Å². The predicted octanol–water partition coefficient (Wildman–Crippen LogP) is 2.79. The quantitative estimate of drug-likeness (QED) is 0.672. The molecule has 0 fully saturated rings. The molecule has 0 saturated carbocycles. The van der Waals surface area contributed by atoms with Crippen LogP contribution in [0.2, 0.25) is 0 Å². The first-order valence-corrected chi connectivity index (χ1v) is 6.98. The van der Waals surface area contributed by atoms with Crippen LogP contribution in [0.4, 0.5) is 13.2 Å². The molecule has 25 heavy (non-hydrogen) atoms. The lowest BCUT2D eigenvalue weighted by molar-refractivity contribution is -0.137. The number of esters is 1. The molecule has 130 valence electrons. The van der Waals surface area contributed by atoms with Crippen molar-refractivity contribution in [3.8, 4) is 11.4 Å². The SMILES string of the molecule is COC(=O)c1occc1Cn1nnc(-c2cccc(C(F)(F)F)c2)n1. The Balaban J connectivity index is 1.84. The molecule has 3 rings (SSSR count). The summed E-state index contributed by atoms with van der Waals surface area (Å²) in [5.74, 6) is -0.618. The first-order chi connectivity index (χ1) is 11.9. The molecule has 0 spiro atoms. The second-order valence-corrected chi connectivity index (χ2v) is 4.99. The molecule has 2 heterocycles. The average molecular weight is 352 g/mol. The van der Waals surface area contributed by atoms with Crippen LogP contribution in [-0.4, -0.2) is 33.3 Å². The molecule has 0 N–H and O–H groups in total. The minimum atomic E-state index is -4.46. The Bertz CT molecular complexity index is 901. The Labute approximate surface area is 139 Å². The van der Waals surface area contributed by atoms with E-state index in [2.05, 4.69) is 20.1 Å². The van der Waals surface area contributed by atoms with Gasteiger partial charge in [0.15, 0.2) is 0 Å². The highest BCUT2D eigenvalue weighted by molar-refractivity contribution is 5.87. The molecule has 0 aliphatic rings. The van der Waals surface area contributed by atoms with E-state index in [4.69, 9.17) is 4.42 Å². The maximum absolute atomic E-state index is 12.8. The van der Waals surface area contributed by atoms with Crippen LogP contribution in [0.25, 0.3) is 11.4 Å². The highest BCUT2D eigenvalue weighted by Gasteiger charge is 2.30. The number of hydrogen-bond acceptors (Lipinski definition) is 6. The Morgan fingerprint density at radius 1 is 1.32 bits per heavy atom. The van der Waals surface area contributed by atoms with E-state index >= 15 is 0 Å². The molecule has 0 atom stereocenters. The third-order valence-corrected chi connectivity index (χ3v) is 3.33. The maximum atomic E-state index is 12.8. The van der Waals surface area contributed by atoms with E-state index in [0.29, 0.717) is 5.56 Å². The molecule has 7 nitrogen and oxygen atoms in total. The number of tetrazole rings is 1. The van der Waals surface area contributed by atoms with Crippen LogP contribution in [0.1, 0.15) is 21.7 Å². The molecule has 0 radical (unpaired) electrons. The summed E-state index contributed by atoms with van der Waals surface area (Å²) in [7, 11) is 1.22. The number of furan rings is 1. The number of rotatable bonds is 4. The van der Waals surface area contributed by atoms with Crippen molar-refractivity contribution in [3.63, 3.8) is 0 Å². The Morgan fingerprint density at radius 3 is 2.84 bits per heavy atom. The number of carbonyl (C=O) groups excluding carboxylic acids is 1. The zero-order chi connectivity index (χ0) is 18.0. The van der Waals surface area contributed by atoms with E-state index < -0.39 is 17.7 Å². The van der Waals surface area contributed by atoms with Crippen LogP contribution in [0, 0.1) is 0 Å². The average Bonchev–Trinajstić information content (AvgIpc) is 3.23. The summed E-state index contributed by atoms with van der Waals surface area (Å²) in [6.45, 7) is 0.0485. The summed E-state index contributed by atoms with van der Waals surface area (Å²) in [4.78, 5) is 12.7. The fraction of sp³-hybridized carbons (Fsp3) is 0.200. The van der Waals surface area contributed by atoms with E-state index in [9.17, 15) is 18.0 Å². The monoisotopic (exact) mass is 352 g/mol. The molecule has 0 bridgehead atoms. The van der Waals surface area contributed by atoms with Crippen molar-refractivity contribution in [2.24, 2.45) is 0 Å². The first kappa shape index (κ1) is 16.7. The zero-order valence-electron chi connectivity index (χ0n) is 12.8. The van der Waals surface area contributed by atoms with Crippen LogP contribution < -0.4 is 0 Å². The van der Waals surface area contributed by atoms with Gasteiger partial charge in [-0.15, -0.1) is 10.2 Å². The van der Waals surface area contributed by atoms with Gasteiger partial charge in [0.2, 0.25) is 11.6 Å². The minimum Gasteiger partial charge on any atom is -0.463 e. The summed E-state index contributed by atoms with van der Waals surface area (Å²) in [6, 6.07) is 6.17. The van der Waals surface area contributed by atoms with E-state index in [-0.39, 0.29) is 23.7 Å². The molecule has 0 saturated heterocycles. The van der Waals surface area contributed by atoms with Gasteiger partial charge >= 0.3 is 12.1 Å². The number of halogens is 3. The summed E-state index contributed by atoms with van der Waals surface area (Å²) in [5.41, 5.74) is -0.162. The molecule has 0 aliphatic heterocycles. The second-order valence-electron chi connectivity index (χ2n) is 4.99. The van der Waals surface area contributed by atoms with Crippen molar-refractivity contribution >= 4 is 5.97 Å². The number of benzene rings is 1. The minimum absolute atomic E-state index is 0.000388. The molecule has 0 aliphatic carbocycles. The normalized spacial score (nSPS) is 11.5. The van der Waals surface area contributed by atoms with Gasteiger partial charge in [0.05, 0.1) is 25.5 Å². The fourth-order valence-corrected chi connectivity index (χ4v) is 2.14. The number of alkyl halides is 3. The van der Waals surface area contributed by atoms with Gasteiger partial charge in [-0.2, -0.15) is 18.0 Å². The smallest absolute Gasteiger partial charge is 0.416 e. The first-order valence-electron chi connectivity index (χ1n) is 6.98. The fourth-order valence-electron chi connectivity index (χ4n) is 2.14. The maximum Gasteiger partial charge on any atom is 0.416 e. The molecule has 0 amide bonds. The van der Waals surface area contributed by atoms with Crippen LogP contribution >= 0.6 is 0 Å². The van der Waals surface area contributed by atoms with Crippen molar-refractivity contribution in [2.75, 3.05) is 7.11 Å². The van der Waals surface area contributed by atoms with Gasteiger partial charge in [-0.05, 0) is 23.4 Å². The zero-order valence-corrected chi connectivity index (χ0v) is 12.8. The van der Waals surface area contributed by atoms with Gasteiger partial charge < -0.3 is 9.15 Å². The second kappa shape index (κ2) is 6.38.